The molecule has 3 nitrogen and oxygen atoms in total. The van der Waals surface area contributed by atoms with Crippen molar-refractivity contribution in [1.29, 1.82) is 0 Å². The minimum atomic E-state index is -0.542. The van der Waals surface area contributed by atoms with Crippen LogP contribution in [0.3, 0.4) is 0 Å². The highest BCUT2D eigenvalue weighted by Gasteiger charge is 2.07. The summed E-state index contributed by atoms with van der Waals surface area (Å²) in [6.07, 6.45) is 1.44. The molecule has 0 unspecified atom stereocenters. The highest BCUT2D eigenvalue weighted by atomic mass is 19.1. The number of anilines is 1. The maximum absolute atomic E-state index is 13.0. The van der Waals surface area contributed by atoms with E-state index in [-0.39, 0.29) is 11.3 Å². The molecule has 0 saturated carbocycles. The van der Waals surface area contributed by atoms with E-state index in [1.54, 1.807) is 6.07 Å². The van der Waals surface area contributed by atoms with Crippen molar-refractivity contribution in [2.24, 2.45) is 0 Å². The molecule has 0 radical (unpaired) electrons. The van der Waals surface area contributed by atoms with Gasteiger partial charge in [0, 0.05) is 5.39 Å². The van der Waals surface area contributed by atoms with Crippen LogP contribution in [0.25, 0.3) is 11.0 Å². The number of nitrogens with two attached hydrogens (primary N) is 1. The molecule has 0 aliphatic carbocycles. The van der Waals surface area contributed by atoms with Gasteiger partial charge in [0.1, 0.15) is 0 Å². The molecule has 0 aliphatic rings. The lowest BCUT2D eigenvalue weighted by Gasteiger charge is -1.93. The summed E-state index contributed by atoms with van der Waals surface area (Å²) in [5.41, 5.74) is 5.48. The number of fused-ring (bicyclic) bond motifs is 1. The molecule has 0 atom stereocenters. The second-order valence-corrected chi connectivity index (χ2v) is 2.21. The van der Waals surface area contributed by atoms with E-state index < -0.39 is 5.82 Å². The average Bonchev–Trinajstić information content (AvgIpc) is 2.45. The van der Waals surface area contributed by atoms with Crippen LogP contribution < -0.4 is 5.73 Å². The summed E-state index contributed by atoms with van der Waals surface area (Å²) in [4.78, 5) is 0. The van der Waals surface area contributed by atoms with Crippen LogP contribution in [-0.4, -0.2) is 5.16 Å². The van der Waals surface area contributed by atoms with Gasteiger partial charge in [0.2, 0.25) is 5.58 Å². The predicted molar refractivity (Wildman–Crippen MR) is 38.4 cm³/mol. The SMILES string of the molecule is Nc1ccc2cnoc2c1F. The third-order valence-corrected chi connectivity index (χ3v) is 1.49. The molecule has 11 heavy (non-hydrogen) atoms. The Kier molecular flexibility index (Phi) is 1.09. The van der Waals surface area contributed by atoms with Crippen molar-refractivity contribution in [1.82, 2.24) is 5.16 Å². The summed E-state index contributed by atoms with van der Waals surface area (Å²) in [6.45, 7) is 0. The monoisotopic (exact) mass is 152 g/mol. The molecule has 2 aromatic rings. The Morgan fingerprint density at radius 2 is 2.27 bits per heavy atom. The van der Waals surface area contributed by atoms with Crippen LogP contribution in [0.1, 0.15) is 0 Å². The van der Waals surface area contributed by atoms with Crippen molar-refractivity contribution >= 4 is 16.7 Å². The molecule has 1 aromatic heterocycles. The van der Waals surface area contributed by atoms with Gasteiger partial charge in [0.25, 0.3) is 0 Å². The minimum absolute atomic E-state index is 0.0780. The van der Waals surface area contributed by atoms with Gasteiger partial charge >= 0.3 is 0 Å². The summed E-state index contributed by atoms with van der Waals surface area (Å²) >= 11 is 0. The van der Waals surface area contributed by atoms with E-state index in [0.717, 1.165) is 0 Å². The van der Waals surface area contributed by atoms with Gasteiger partial charge in [-0.05, 0) is 12.1 Å². The maximum atomic E-state index is 13.0. The van der Waals surface area contributed by atoms with Crippen LogP contribution in [0.4, 0.5) is 10.1 Å². The van der Waals surface area contributed by atoms with Crippen LogP contribution in [0.15, 0.2) is 22.9 Å². The lowest BCUT2D eigenvalue weighted by Crippen LogP contribution is -1.88. The van der Waals surface area contributed by atoms with Crippen LogP contribution in [-0.2, 0) is 0 Å². The lowest BCUT2D eigenvalue weighted by atomic mass is 10.2. The van der Waals surface area contributed by atoms with Gasteiger partial charge in [0.05, 0.1) is 11.9 Å². The fraction of sp³-hybridized carbons (Fsp3) is 0. The molecule has 1 heterocycles. The van der Waals surface area contributed by atoms with E-state index in [1.807, 2.05) is 0 Å². The van der Waals surface area contributed by atoms with Gasteiger partial charge in [-0.2, -0.15) is 0 Å². The van der Waals surface area contributed by atoms with Crippen molar-refractivity contribution < 1.29 is 8.91 Å². The van der Waals surface area contributed by atoms with Crippen molar-refractivity contribution in [3.05, 3.63) is 24.1 Å². The molecule has 0 fully saturated rings. The van der Waals surface area contributed by atoms with E-state index in [2.05, 4.69) is 9.68 Å². The molecule has 56 valence electrons. The summed E-state index contributed by atoms with van der Waals surface area (Å²) in [7, 11) is 0. The molecule has 2 rings (SSSR count). The second kappa shape index (κ2) is 1.95. The normalized spacial score (nSPS) is 10.6. The number of nitrogen functional groups attached to an aromatic ring is 1. The zero-order chi connectivity index (χ0) is 7.84. The Morgan fingerprint density at radius 1 is 1.45 bits per heavy atom. The van der Waals surface area contributed by atoms with Crippen molar-refractivity contribution in [2.75, 3.05) is 5.73 Å². The molecule has 4 heteroatoms. The highest BCUT2D eigenvalue weighted by molar-refractivity contribution is 5.80. The van der Waals surface area contributed by atoms with Crippen LogP contribution >= 0.6 is 0 Å². The molecule has 0 bridgehead atoms. The number of nitrogens with zero attached hydrogens (tertiary/aromatic N) is 1. The zero-order valence-corrected chi connectivity index (χ0v) is 5.54. The first-order valence-electron chi connectivity index (χ1n) is 3.07. The van der Waals surface area contributed by atoms with E-state index in [4.69, 9.17) is 5.73 Å². The second-order valence-electron chi connectivity index (χ2n) is 2.21. The Labute approximate surface area is 61.6 Å². The number of hydrogen-bond donors (Lipinski definition) is 1. The highest BCUT2D eigenvalue weighted by Crippen LogP contribution is 2.21. The number of hydrogen-bond acceptors (Lipinski definition) is 3. The summed E-state index contributed by atoms with van der Waals surface area (Å²) < 4.78 is 17.6. The standard InChI is InChI=1S/C7H5FN2O/c8-6-5(9)2-1-4-3-10-11-7(4)6/h1-3H,9H2. The minimum Gasteiger partial charge on any atom is -0.396 e. The predicted octanol–water partition coefficient (Wildman–Crippen LogP) is 1.55. The fourth-order valence-corrected chi connectivity index (χ4v) is 0.917. The van der Waals surface area contributed by atoms with E-state index in [9.17, 15) is 4.39 Å². The van der Waals surface area contributed by atoms with Crippen LogP contribution in [0.2, 0.25) is 0 Å². The molecule has 1 aromatic carbocycles. The Balaban J connectivity index is 2.93. The zero-order valence-electron chi connectivity index (χ0n) is 5.54. The molecule has 0 amide bonds. The summed E-state index contributed by atoms with van der Waals surface area (Å²) in [6, 6.07) is 3.14. The fourth-order valence-electron chi connectivity index (χ4n) is 0.917. The average molecular weight is 152 g/mol. The number of halogens is 1. The van der Waals surface area contributed by atoms with Crippen molar-refractivity contribution in [2.45, 2.75) is 0 Å². The molecule has 0 aliphatic heterocycles. The van der Waals surface area contributed by atoms with Gasteiger partial charge in [-0.3, -0.25) is 0 Å². The van der Waals surface area contributed by atoms with Crippen LogP contribution in [0, 0.1) is 5.82 Å². The first-order valence-corrected chi connectivity index (χ1v) is 3.07. The number of rotatable bonds is 0. The van der Waals surface area contributed by atoms with Gasteiger partial charge < -0.3 is 10.3 Å². The van der Waals surface area contributed by atoms with Gasteiger partial charge in [-0.25, -0.2) is 4.39 Å². The Morgan fingerprint density at radius 3 is 3.09 bits per heavy atom. The first-order chi connectivity index (χ1) is 5.29. The third-order valence-electron chi connectivity index (χ3n) is 1.49. The quantitative estimate of drug-likeness (QED) is 0.582. The van der Waals surface area contributed by atoms with Gasteiger partial charge in [0.15, 0.2) is 5.82 Å². The Hall–Kier alpha value is -1.58. The summed E-state index contributed by atoms with van der Waals surface area (Å²) in [5.74, 6) is -0.542. The largest absolute Gasteiger partial charge is 0.396 e. The lowest BCUT2D eigenvalue weighted by molar-refractivity contribution is 0.441. The molecular weight excluding hydrogens is 147 g/mol. The molecule has 0 spiro atoms. The van der Waals surface area contributed by atoms with Crippen molar-refractivity contribution in [3.63, 3.8) is 0 Å². The van der Waals surface area contributed by atoms with Crippen molar-refractivity contribution in [3.8, 4) is 0 Å². The molecule has 2 N–H and O–H groups in total. The van der Waals surface area contributed by atoms with E-state index >= 15 is 0 Å². The van der Waals surface area contributed by atoms with Crippen LogP contribution in [0.5, 0.6) is 0 Å². The van der Waals surface area contributed by atoms with E-state index in [1.165, 1.54) is 12.3 Å². The molecule has 0 saturated heterocycles. The smallest absolute Gasteiger partial charge is 0.204 e. The van der Waals surface area contributed by atoms with E-state index in [0.29, 0.717) is 5.39 Å². The summed E-state index contributed by atoms with van der Waals surface area (Å²) in [5, 5.41) is 4.05. The third kappa shape index (κ3) is 0.756. The topological polar surface area (TPSA) is 52.0 Å². The first kappa shape index (κ1) is 6.15. The molecular formula is C7H5FN2O. The van der Waals surface area contributed by atoms with Gasteiger partial charge in [-0.1, -0.05) is 5.16 Å². The Bertz CT molecular complexity index is 396. The number of benzene rings is 1. The maximum Gasteiger partial charge on any atom is 0.204 e. The van der Waals surface area contributed by atoms with Gasteiger partial charge in [-0.15, -0.1) is 0 Å². The number of aromatic nitrogens is 1.